The van der Waals surface area contributed by atoms with E-state index in [9.17, 15) is 14.4 Å². The molecule has 2 heterocycles. The zero-order valence-electron chi connectivity index (χ0n) is 15.6. The molecule has 0 aromatic carbocycles. The molecule has 1 aromatic heterocycles. The van der Waals surface area contributed by atoms with E-state index >= 15 is 0 Å². The number of carbonyl (C=O) groups is 3. The van der Waals surface area contributed by atoms with E-state index in [4.69, 9.17) is 9.84 Å². The maximum Gasteiger partial charge on any atom is 0.341 e. The van der Waals surface area contributed by atoms with Crippen molar-refractivity contribution in [2.24, 2.45) is 4.99 Å². The van der Waals surface area contributed by atoms with Crippen LogP contribution in [0.25, 0.3) is 0 Å². The largest absolute Gasteiger partial charge is 0.481 e. The van der Waals surface area contributed by atoms with Crippen LogP contribution in [-0.2, 0) is 27.2 Å². The molecule has 9 heteroatoms. The zero-order valence-corrected chi connectivity index (χ0v) is 17.2. The SMILES string of the molecule is C=CCN1C(=O)C(CC(=O)O)S/C1=N\c1sc2c(c1C(=O)OCC)CCCC2. The van der Waals surface area contributed by atoms with Crippen molar-refractivity contribution in [3.63, 3.8) is 0 Å². The van der Waals surface area contributed by atoms with Gasteiger partial charge < -0.3 is 9.84 Å². The van der Waals surface area contributed by atoms with Crippen molar-refractivity contribution < 1.29 is 24.2 Å². The summed E-state index contributed by atoms with van der Waals surface area (Å²) >= 11 is 2.58. The van der Waals surface area contributed by atoms with Gasteiger partial charge in [-0.3, -0.25) is 14.5 Å². The molecule has 0 radical (unpaired) electrons. The fourth-order valence-corrected chi connectivity index (χ4v) is 5.76. The number of carboxylic acids is 1. The second kappa shape index (κ2) is 8.91. The van der Waals surface area contributed by atoms with Gasteiger partial charge in [0.2, 0.25) is 5.91 Å². The molecule has 0 saturated carbocycles. The second-order valence-corrected chi connectivity index (χ2v) is 8.70. The number of amidine groups is 1. The third-order valence-corrected chi connectivity index (χ3v) is 6.88. The fourth-order valence-electron chi connectivity index (χ4n) is 3.31. The zero-order chi connectivity index (χ0) is 20.3. The van der Waals surface area contributed by atoms with E-state index in [1.807, 2.05) is 0 Å². The Morgan fingerprint density at radius 1 is 1.39 bits per heavy atom. The van der Waals surface area contributed by atoms with Gasteiger partial charge in [0, 0.05) is 11.4 Å². The minimum absolute atomic E-state index is 0.237. The Balaban J connectivity index is 2.02. The van der Waals surface area contributed by atoms with Crippen LogP contribution < -0.4 is 0 Å². The number of ether oxygens (including phenoxy) is 1. The topological polar surface area (TPSA) is 96.3 Å². The summed E-state index contributed by atoms with van der Waals surface area (Å²) in [6, 6.07) is 0. The molecular weight excluding hydrogens is 400 g/mol. The van der Waals surface area contributed by atoms with Gasteiger partial charge in [-0.2, -0.15) is 0 Å². The lowest BCUT2D eigenvalue weighted by molar-refractivity contribution is -0.139. The molecule has 1 aliphatic heterocycles. The minimum Gasteiger partial charge on any atom is -0.481 e. The maximum absolute atomic E-state index is 12.6. The Hall–Kier alpha value is -2.13. The first-order valence-corrected chi connectivity index (χ1v) is 10.9. The molecule has 1 aromatic rings. The Morgan fingerprint density at radius 3 is 2.82 bits per heavy atom. The number of aryl methyl sites for hydroxylation is 1. The van der Waals surface area contributed by atoms with Gasteiger partial charge in [0.05, 0.1) is 18.6 Å². The van der Waals surface area contributed by atoms with E-state index < -0.39 is 17.2 Å². The van der Waals surface area contributed by atoms with Crippen molar-refractivity contribution in [2.45, 2.75) is 44.3 Å². The van der Waals surface area contributed by atoms with Crippen LogP contribution >= 0.6 is 23.1 Å². The number of fused-ring (bicyclic) bond motifs is 1. The highest BCUT2D eigenvalue weighted by atomic mass is 32.2. The van der Waals surface area contributed by atoms with Crippen LogP contribution in [0.5, 0.6) is 0 Å². The Morgan fingerprint density at radius 2 is 2.14 bits per heavy atom. The summed E-state index contributed by atoms with van der Waals surface area (Å²) in [5, 5.41) is 9.28. The highest BCUT2D eigenvalue weighted by Crippen LogP contribution is 2.42. The molecule has 1 atom stereocenters. The summed E-state index contributed by atoms with van der Waals surface area (Å²) in [4.78, 5) is 43.4. The first-order valence-electron chi connectivity index (χ1n) is 9.17. The third-order valence-electron chi connectivity index (χ3n) is 4.52. The van der Waals surface area contributed by atoms with E-state index in [-0.39, 0.29) is 25.5 Å². The molecule has 1 aliphatic carbocycles. The van der Waals surface area contributed by atoms with Crippen LogP contribution in [0, 0.1) is 0 Å². The van der Waals surface area contributed by atoms with Gasteiger partial charge in [-0.05, 0) is 38.2 Å². The number of carbonyl (C=O) groups excluding carboxylic acids is 2. The first-order chi connectivity index (χ1) is 13.5. The van der Waals surface area contributed by atoms with Gasteiger partial charge in [0.15, 0.2) is 5.17 Å². The summed E-state index contributed by atoms with van der Waals surface area (Å²) in [6.07, 6.45) is 5.10. The quantitative estimate of drug-likeness (QED) is 0.534. The first kappa shape index (κ1) is 20.6. The molecule has 1 amide bonds. The Labute approximate surface area is 171 Å². The number of amides is 1. The second-order valence-electron chi connectivity index (χ2n) is 6.45. The van der Waals surface area contributed by atoms with Gasteiger partial charge in [0.25, 0.3) is 0 Å². The number of hydrogen-bond donors (Lipinski definition) is 1. The lowest BCUT2D eigenvalue weighted by atomic mass is 9.95. The predicted molar refractivity (Wildman–Crippen MR) is 110 cm³/mol. The number of nitrogens with zero attached hydrogens (tertiary/aromatic N) is 2. The van der Waals surface area contributed by atoms with Crippen molar-refractivity contribution in [1.82, 2.24) is 4.90 Å². The van der Waals surface area contributed by atoms with Gasteiger partial charge in [-0.1, -0.05) is 17.8 Å². The normalized spacial score (nSPS) is 20.3. The molecule has 1 saturated heterocycles. The molecule has 150 valence electrons. The van der Waals surface area contributed by atoms with Crippen LogP contribution in [0.3, 0.4) is 0 Å². The average Bonchev–Trinajstić information content (AvgIpc) is 3.14. The summed E-state index contributed by atoms with van der Waals surface area (Å²) in [5.41, 5.74) is 1.49. The number of aliphatic carboxylic acids is 1. The van der Waals surface area contributed by atoms with Crippen LogP contribution in [0.4, 0.5) is 5.00 Å². The fraction of sp³-hybridized carbons (Fsp3) is 0.474. The molecule has 3 rings (SSSR count). The third kappa shape index (κ3) is 4.15. The van der Waals surface area contributed by atoms with E-state index in [2.05, 4.69) is 11.6 Å². The summed E-state index contributed by atoms with van der Waals surface area (Å²) in [7, 11) is 0. The number of thioether (sulfide) groups is 1. The lowest BCUT2D eigenvalue weighted by Gasteiger charge is -2.13. The number of esters is 1. The van der Waals surface area contributed by atoms with Gasteiger partial charge >= 0.3 is 11.9 Å². The van der Waals surface area contributed by atoms with E-state index in [1.54, 1.807) is 13.0 Å². The average molecular weight is 423 g/mol. The van der Waals surface area contributed by atoms with Crippen molar-refractivity contribution >= 4 is 51.1 Å². The monoisotopic (exact) mass is 422 g/mol. The van der Waals surface area contributed by atoms with Crippen molar-refractivity contribution in [2.75, 3.05) is 13.2 Å². The highest BCUT2D eigenvalue weighted by Gasteiger charge is 2.39. The van der Waals surface area contributed by atoms with E-state index in [1.165, 1.54) is 16.2 Å². The molecule has 7 nitrogen and oxygen atoms in total. The molecule has 1 N–H and O–H groups in total. The number of carboxylic acid groups (broad SMARTS) is 1. The van der Waals surface area contributed by atoms with Crippen molar-refractivity contribution in [3.05, 3.63) is 28.7 Å². The smallest absolute Gasteiger partial charge is 0.341 e. The summed E-state index contributed by atoms with van der Waals surface area (Å²) in [6.45, 7) is 5.93. The van der Waals surface area contributed by atoms with Gasteiger partial charge in [0.1, 0.15) is 10.3 Å². The summed E-state index contributed by atoms with van der Waals surface area (Å²) < 4.78 is 5.24. The Bertz CT molecular complexity index is 846. The maximum atomic E-state index is 12.6. The molecule has 1 fully saturated rings. The lowest BCUT2D eigenvalue weighted by Crippen LogP contribution is -2.32. The molecule has 28 heavy (non-hydrogen) atoms. The molecule has 1 unspecified atom stereocenters. The van der Waals surface area contributed by atoms with Crippen LogP contribution in [-0.4, -0.2) is 51.4 Å². The highest BCUT2D eigenvalue weighted by molar-refractivity contribution is 8.15. The van der Waals surface area contributed by atoms with Crippen molar-refractivity contribution in [1.29, 1.82) is 0 Å². The number of thiophene rings is 1. The number of rotatable bonds is 7. The van der Waals surface area contributed by atoms with Crippen LogP contribution in [0.2, 0.25) is 0 Å². The molecule has 0 bridgehead atoms. The van der Waals surface area contributed by atoms with Crippen LogP contribution in [0.1, 0.15) is 47.0 Å². The minimum atomic E-state index is -1.04. The molecule has 0 spiro atoms. The van der Waals surface area contributed by atoms with Gasteiger partial charge in [-0.15, -0.1) is 17.9 Å². The van der Waals surface area contributed by atoms with E-state index in [0.717, 1.165) is 47.9 Å². The van der Waals surface area contributed by atoms with E-state index in [0.29, 0.717) is 15.7 Å². The number of hydrogen-bond acceptors (Lipinski definition) is 7. The van der Waals surface area contributed by atoms with Crippen molar-refractivity contribution in [3.8, 4) is 0 Å². The standard InChI is InChI=1S/C19H22N2O5S2/c1-3-9-21-17(24)13(10-14(22)23)28-19(21)20-16-15(18(25)26-4-2)11-7-5-6-8-12(11)27-16/h3,13H,1,4-10H2,2H3,(H,22,23)/b20-19-. The Kier molecular flexibility index (Phi) is 6.56. The predicted octanol–water partition coefficient (Wildman–Crippen LogP) is 3.40. The van der Waals surface area contributed by atoms with Gasteiger partial charge in [-0.25, -0.2) is 9.79 Å². The van der Waals surface area contributed by atoms with Crippen LogP contribution in [0.15, 0.2) is 17.6 Å². The number of aliphatic imine (C=N–C) groups is 1. The molecular formula is C19H22N2O5S2. The molecule has 2 aliphatic rings. The summed E-state index contributed by atoms with van der Waals surface area (Å²) in [5.74, 6) is -1.73.